The molecule has 31 heavy (non-hydrogen) atoms. The van der Waals surface area contributed by atoms with Gasteiger partial charge in [-0.3, -0.25) is 9.10 Å². The van der Waals surface area contributed by atoms with Gasteiger partial charge >= 0.3 is 0 Å². The van der Waals surface area contributed by atoms with Gasteiger partial charge in [0, 0.05) is 27.7 Å². The Morgan fingerprint density at radius 2 is 1.68 bits per heavy atom. The Morgan fingerprint density at radius 3 is 2.26 bits per heavy atom. The average molecular weight is 475 g/mol. The topological polar surface area (TPSA) is 66.5 Å². The highest BCUT2D eigenvalue weighted by molar-refractivity contribution is 7.98. The van der Waals surface area contributed by atoms with Crippen LogP contribution in [0.25, 0.3) is 0 Å². The van der Waals surface area contributed by atoms with Gasteiger partial charge in [-0.2, -0.15) is 0 Å². The lowest BCUT2D eigenvalue weighted by Crippen LogP contribution is -2.30. The number of nitrogens with zero attached hydrogens (tertiary/aromatic N) is 1. The van der Waals surface area contributed by atoms with Crippen LogP contribution in [0.5, 0.6) is 0 Å². The van der Waals surface area contributed by atoms with Crippen molar-refractivity contribution in [2.24, 2.45) is 0 Å². The Kier molecular flexibility index (Phi) is 7.30. The highest BCUT2D eigenvalue weighted by Crippen LogP contribution is 2.27. The van der Waals surface area contributed by atoms with Gasteiger partial charge in [-0.25, -0.2) is 8.42 Å². The van der Waals surface area contributed by atoms with E-state index in [1.54, 1.807) is 85.4 Å². The van der Waals surface area contributed by atoms with Crippen molar-refractivity contribution in [3.05, 3.63) is 82.9 Å². The average Bonchev–Trinajstić information content (AvgIpc) is 2.77. The smallest absolute Gasteiger partial charge is 0.264 e. The number of carbonyl (C=O) groups is 1. The van der Waals surface area contributed by atoms with E-state index in [1.165, 1.54) is 4.31 Å². The van der Waals surface area contributed by atoms with Crippen molar-refractivity contribution >= 4 is 50.7 Å². The monoisotopic (exact) mass is 474 g/mol. The third kappa shape index (κ3) is 5.06. The fourth-order valence-electron chi connectivity index (χ4n) is 3.08. The van der Waals surface area contributed by atoms with Crippen molar-refractivity contribution in [2.75, 3.05) is 22.4 Å². The maximum Gasteiger partial charge on any atom is 0.264 e. The van der Waals surface area contributed by atoms with Crippen molar-refractivity contribution in [2.45, 2.75) is 23.6 Å². The van der Waals surface area contributed by atoms with Crippen LogP contribution in [0.3, 0.4) is 0 Å². The Bertz CT molecular complexity index is 1180. The van der Waals surface area contributed by atoms with Crippen LogP contribution in [0.2, 0.25) is 5.02 Å². The summed E-state index contributed by atoms with van der Waals surface area (Å²) in [5.41, 5.74) is 2.32. The van der Waals surface area contributed by atoms with Crippen LogP contribution in [-0.4, -0.2) is 27.1 Å². The molecule has 0 radical (unpaired) electrons. The standard InChI is InChI=1S/C23H23ClN2O3S2/c1-4-26(31(28,29)20-14-12-19(30-3)13-15-20)18-10-8-17(9-11-18)23(27)25-22-7-5-6-21(24)16(22)2/h5-15H,4H2,1-3H3,(H,25,27). The van der Waals surface area contributed by atoms with Crippen molar-refractivity contribution < 1.29 is 13.2 Å². The van der Waals surface area contributed by atoms with E-state index in [1.807, 2.05) is 13.2 Å². The third-order valence-electron chi connectivity index (χ3n) is 4.87. The Morgan fingerprint density at radius 1 is 1.03 bits per heavy atom. The number of anilines is 2. The normalized spacial score (nSPS) is 11.2. The Labute approximate surface area is 192 Å². The van der Waals surface area contributed by atoms with Crippen LogP contribution in [0.4, 0.5) is 11.4 Å². The van der Waals surface area contributed by atoms with Crippen molar-refractivity contribution in [1.29, 1.82) is 0 Å². The van der Waals surface area contributed by atoms with E-state index in [-0.39, 0.29) is 17.3 Å². The molecule has 0 aliphatic carbocycles. The van der Waals surface area contributed by atoms with Crippen LogP contribution in [-0.2, 0) is 10.0 Å². The number of hydrogen-bond acceptors (Lipinski definition) is 4. The van der Waals surface area contributed by atoms with Crippen molar-refractivity contribution in [1.82, 2.24) is 0 Å². The number of nitrogens with one attached hydrogen (secondary N) is 1. The zero-order valence-corrected chi connectivity index (χ0v) is 19.8. The minimum atomic E-state index is -3.71. The number of halogens is 1. The molecule has 0 atom stereocenters. The summed E-state index contributed by atoms with van der Waals surface area (Å²) < 4.78 is 27.6. The summed E-state index contributed by atoms with van der Waals surface area (Å²) in [6.45, 7) is 3.87. The number of carbonyl (C=O) groups excluding carboxylic acids is 1. The summed E-state index contributed by atoms with van der Waals surface area (Å²) in [6, 6.07) is 18.6. The molecule has 1 amide bonds. The number of benzene rings is 3. The summed E-state index contributed by atoms with van der Waals surface area (Å²) in [5, 5.41) is 3.41. The molecule has 0 saturated carbocycles. The van der Waals surface area contributed by atoms with E-state index in [9.17, 15) is 13.2 Å². The van der Waals surface area contributed by atoms with Gasteiger partial charge < -0.3 is 5.32 Å². The number of thioether (sulfide) groups is 1. The number of rotatable bonds is 7. The molecule has 0 aromatic heterocycles. The lowest BCUT2D eigenvalue weighted by molar-refractivity contribution is 0.102. The second kappa shape index (κ2) is 9.77. The molecule has 8 heteroatoms. The minimum Gasteiger partial charge on any atom is -0.322 e. The van der Waals surface area contributed by atoms with Gasteiger partial charge in [-0.15, -0.1) is 11.8 Å². The molecule has 0 aliphatic rings. The predicted octanol–water partition coefficient (Wildman–Crippen LogP) is 5.84. The lowest BCUT2D eigenvalue weighted by Gasteiger charge is -2.23. The zero-order valence-electron chi connectivity index (χ0n) is 17.4. The first-order chi connectivity index (χ1) is 14.8. The molecule has 0 bridgehead atoms. The van der Waals surface area contributed by atoms with Crippen LogP contribution in [0.15, 0.2) is 76.5 Å². The quantitative estimate of drug-likeness (QED) is 0.437. The van der Waals surface area contributed by atoms with E-state index in [0.29, 0.717) is 22.0 Å². The first-order valence-corrected chi connectivity index (χ1v) is 12.7. The molecule has 3 aromatic carbocycles. The van der Waals surface area contributed by atoms with Gasteiger partial charge in [0.05, 0.1) is 10.6 Å². The molecule has 5 nitrogen and oxygen atoms in total. The molecule has 0 spiro atoms. The van der Waals surface area contributed by atoms with Crippen LogP contribution in [0, 0.1) is 6.92 Å². The molecule has 162 valence electrons. The largest absolute Gasteiger partial charge is 0.322 e. The van der Waals surface area contributed by atoms with Gasteiger partial charge in [-0.05, 0) is 86.3 Å². The molecule has 0 fully saturated rings. The summed E-state index contributed by atoms with van der Waals surface area (Å²) in [4.78, 5) is 13.8. The van der Waals surface area contributed by atoms with Crippen molar-refractivity contribution in [3.63, 3.8) is 0 Å². The van der Waals surface area contributed by atoms with E-state index in [4.69, 9.17) is 11.6 Å². The molecule has 1 N–H and O–H groups in total. The fourth-order valence-corrected chi connectivity index (χ4v) is 5.14. The van der Waals surface area contributed by atoms with E-state index in [0.717, 1.165) is 10.5 Å². The maximum absolute atomic E-state index is 13.1. The van der Waals surface area contributed by atoms with Crippen LogP contribution in [0.1, 0.15) is 22.8 Å². The number of amides is 1. The summed E-state index contributed by atoms with van der Waals surface area (Å²) >= 11 is 7.66. The molecule has 3 rings (SSSR count). The first kappa shape index (κ1) is 23.2. The molecule has 3 aromatic rings. The van der Waals surface area contributed by atoms with E-state index >= 15 is 0 Å². The Balaban J connectivity index is 1.82. The SMILES string of the molecule is CCN(c1ccc(C(=O)Nc2cccc(Cl)c2C)cc1)S(=O)(=O)c1ccc(SC)cc1. The minimum absolute atomic E-state index is 0.227. The molecular weight excluding hydrogens is 452 g/mol. The van der Waals surface area contributed by atoms with E-state index in [2.05, 4.69) is 5.32 Å². The van der Waals surface area contributed by atoms with Gasteiger partial charge in [0.15, 0.2) is 0 Å². The number of sulfonamides is 1. The van der Waals surface area contributed by atoms with Crippen LogP contribution < -0.4 is 9.62 Å². The third-order valence-corrected chi connectivity index (χ3v) is 7.94. The second-order valence-corrected chi connectivity index (χ2v) is 9.91. The first-order valence-electron chi connectivity index (χ1n) is 9.61. The Hall–Kier alpha value is -2.48. The predicted molar refractivity (Wildman–Crippen MR) is 129 cm³/mol. The molecule has 0 saturated heterocycles. The summed E-state index contributed by atoms with van der Waals surface area (Å²) in [6.07, 6.45) is 1.94. The van der Waals surface area contributed by atoms with Crippen LogP contribution >= 0.6 is 23.4 Å². The highest BCUT2D eigenvalue weighted by Gasteiger charge is 2.23. The fraction of sp³-hybridized carbons (Fsp3) is 0.174. The number of hydrogen-bond donors (Lipinski definition) is 1. The molecular formula is C23H23ClN2O3S2. The van der Waals surface area contributed by atoms with E-state index < -0.39 is 10.0 Å². The second-order valence-electron chi connectivity index (χ2n) is 6.76. The van der Waals surface area contributed by atoms with Crippen molar-refractivity contribution in [3.8, 4) is 0 Å². The van der Waals surface area contributed by atoms with Gasteiger partial charge in [0.25, 0.3) is 15.9 Å². The van der Waals surface area contributed by atoms with Gasteiger partial charge in [0.2, 0.25) is 0 Å². The molecule has 0 aliphatic heterocycles. The summed E-state index contributed by atoms with van der Waals surface area (Å²) in [7, 11) is -3.71. The highest BCUT2D eigenvalue weighted by atomic mass is 35.5. The summed E-state index contributed by atoms with van der Waals surface area (Å²) in [5.74, 6) is -0.296. The zero-order chi connectivity index (χ0) is 22.6. The lowest BCUT2D eigenvalue weighted by atomic mass is 10.1. The molecule has 0 heterocycles. The maximum atomic E-state index is 13.1. The van der Waals surface area contributed by atoms with Gasteiger partial charge in [-0.1, -0.05) is 17.7 Å². The van der Waals surface area contributed by atoms with Gasteiger partial charge in [0.1, 0.15) is 0 Å². The molecule has 0 unspecified atom stereocenters.